The molecule has 0 aromatic carbocycles. The molecule has 0 spiro atoms. The average molecular weight is 169 g/mol. The van der Waals surface area contributed by atoms with E-state index in [1.807, 2.05) is 7.05 Å². The Morgan fingerprint density at radius 2 is 1.92 bits per heavy atom. The Kier molecular flexibility index (Phi) is 4.54. The lowest BCUT2D eigenvalue weighted by Crippen LogP contribution is -2.36. The zero-order chi connectivity index (χ0) is 9.78. The van der Waals surface area contributed by atoms with Gasteiger partial charge in [0.2, 0.25) is 0 Å². The molecule has 0 heterocycles. The summed E-state index contributed by atoms with van der Waals surface area (Å²) in [5, 5.41) is 3.28. The molecular formula is C11H23N. The van der Waals surface area contributed by atoms with Gasteiger partial charge in [-0.05, 0) is 39.7 Å². The fourth-order valence-corrected chi connectivity index (χ4v) is 1.36. The summed E-state index contributed by atoms with van der Waals surface area (Å²) in [4.78, 5) is 0. The van der Waals surface area contributed by atoms with Crippen LogP contribution in [0.1, 0.15) is 40.5 Å². The van der Waals surface area contributed by atoms with Crippen molar-refractivity contribution < 1.29 is 0 Å². The van der Waals surface area contributed by atoms with Crippen molar-refractivity contribution in [2.45, 2.75) is 46.1 Å². The van der Waals surface area contributed by atoms with Crippen LogP contribution in [0.5, 0.6) is 0 Å². The van der Waals surface area contributed by atoms with Gasteiger partial charge in [0.15, 0.2) is 0 Å². The molecule has 12 heavy (non-hydrogen) atoms. The third-order valence-corrected chi connectivity index (χ3v) is 2.07. The number of hydrogen-bond donors (Lipinski definition) is 1. The third-order valence-electron chi connectivity index (χ3n) is 2.07. The Morgan fingerprint density at radius 1 is 1.42 bits per heavy atom. The summed E-state index contributed by atoms with van der Waals surface area (Å²) >= 11 is 0. The van der Waals surface area contributed by atoms with Crippen molar-refractivity contribution in [3.8, 4) is 0 Å². The van der Waals surface area contributed by atoms with Crippen LogP contribution in [0.4, 0.5) is 0 Å². The van der Waals surface area contributed by atoms with Crippen LogP contribution in [0.15, 0.2) is 12.2 Å². The lowest BCUT2D eigenvalue weighted by molar-refractivity contribution is 0.410. The largest absolute Gasteiger partial charge is 0.314 e. The van der Waals surface area contributed by atoms with E-state index in [9.17, 15) is 0 Å². The zero-order valence-electron chi connectivity index (χ0n) is 9.20. The average Bonchev–Trinajstić information content (AvgIpc) is 1.84. The summed E-state index contributed by atoms with van der Waals surface area (Å²) in [5.41, 5.74) is 1.55. The lowest BCUT2D eigenvalue weighted by atomic mass is 9.91. The Balaban J connectivity index is 3.84. The molecule has 0 aromatic rings. The van der Waals surface area contributed by atoms with E-state index in [1.165, 1.54) is 5.57 Å². The van der Waals surface area contributed by atoms with Gasteiger partial charge in [-0.3, -0.25) is 0 Å². The molecule has 0 bridgehead atoms. The summed E-state index contributed by atoms with van der Waals surface area (Å²) in [5.74, 6) is 0.727. The predicted octanol–water partition coefficient (Wildman–Crippen LogP) is 2.98. The van der Waals surface area contributed by atoms with Gasteiger partial charge >= 0.3 is 0 Å². The quantitative estimate of drug-likeness (QED) is 0.624. The molecule has 0 unspecified atom stereocenters. The van der Waals surface area contributed by atoms with E-state index < -0.39 is 0 Å². The van der Waals surface area contributed by atoms with Crippen LogP contribution in [0.3, 0.4) is 0 Å². The molecule has 0 saturated carbocycles. The Hall–Kier alpha value is -0.300. The summed E-state index contributed by atoms with van der Waals surface area (Å²) in [6, 6.07) is 0. The molecule has 1 N–H and O–H groups in total. The van der Waals surface area contributed by atoms with Crippen LogP contribution in [0.25, 0.3) is 0 Å². The van der Waals surface area contributed by atoms with E-state index in [4.69, 9.17) is 0 Å². The second-order valence-corrected chi connectivity index (χ2v) is 4.66. The summed E-state index contributed by atoms with van der Waals surface area (Å²) < 4.78 is 0. The lowest BCUT2D eigenvalue weighted by Gasteiger charge is -2.25. The van der Waals surface area contributed by atoms with Crippen LogP contribution in [0.2, 0.25) is 0 Å². The molecule has 1 heteroatoms. The van der Waals surface area contributed by atoms with Crippen molar-refractivity contribution >= 4 is 0 Å². The number of hydrogen-bond acceptors (Lipinski definition) is 1. The second-order valence-electron chi connectivity index (χ2n) is 4.66. The highest BCUT2D eigenvalue weighted by Crippen LogP contribution is 2.19. The highest BCUT2D eigenvalue weighted by Gasteiger charge is 2.15. The normalized spacial score (nSPS) is 12.2. The molecule has 0 aromatic heterocycles. The Bertz CT molecular complexity index is 145. The van der Waals surface area contributed by atoms with E-state index in [1.54, 1.807) is 0 Å². The van der Waals surface area contributed by atoms with Crippen molar-refractivity contribution in [3.63, 3.8) is 0 Å². The van der Waals surface area contributed by atoms with Crippen LogP contribution >= 0.6 is 0 Å². The molecule has 72 valence electrons. The maximum Gasteiger partial charge on any atom is 0.0159 e. The van der Waals surface area contributed by atoms with E-state index >= 15 is 0 Å². The van der Waals surface area contributed by atoms with Gasteiger partial charge in [0, 0.05) is 5.54 Å². The van der Waals surface area contributed by atoms with Crippen molar-refractivity contribution in [3.05, 3.63) is 12.2 Å². The number of rotatable bonds is 5. The molecule has 0 radical (unpaired) electrons. The monoisotopic (exact) mass is 169 g/mol. The van der Waals surface area contributed by atoms with E-state index in [0.29, 0.717) is 0 Å². The molecular weight excluding hydrogens is 146 g/mol. The second kappa shape index (κ2) is 4.66. The molecule has 0 saturated heterocycles. The van der Waals surface area contributed by atoms with Gasteiger partial charge in [0.1, 0.15) is 0 Å². The zero-order valence-corrected chi connectivity index (χ0v) is 9.20. The van der Waals surface area contributed by atoms with E-state index in [0.717, 1.165) is 18.8 Å². The van der Waals surface area contributed by atoms with Crippen LogP contribution in [-0.4, -0.2) is 12.6 Å². The van der Waals surface area contributed by atoms with E-state index in [2.05, 4.69) is 39.6 Å². The van der Waals surface area contributed by atoms with Gasteiger partial charge in [-0.25, -0.2) is 0 Å². The van der Waals surface area contributed by atoms with Crippen molar-refractivity contribution in [1.82, 2.24) is 5.32 Å². The molecule has 0 rings (SSSR count). The van der Waals surface area contributed by atoms with Crippen molar-refractivity contribution in [2.24, 2.45) is 5.92 Å². The van der Waals surface area contributed by atoms with E-state index in [-0.39, 0.29) is 5.54 Å². The highest BCUT2D eigenvalue weighted by atomic mass is 14.9. The standard InChI is InChI=1S/C11H23N/c1-9(2)7-10(3)8-11(4,5)12-6/h9,12H,3,7-8H2,1-2,4-6H3. The van der Waals surface area contributed by atoms with Gasteiger partial charge in [-0.2, -0.15) is 0 Å². The predicted molar refractivity (Wildman–Crippen MR) is 56.4 cm³/mol. The van der Waals surface area contributed by atoms with Crippen LogP contribution < -0.4 is 5.32 Å². The molecule has 0 aliphatic heterocycles. The molecule has 0 aliphatic carbocycles. The fraction of sp³-hybridized carbons (Fsp3) is 0.818. The smallest absolute Gasteiger partial charge is 0.0159 e. The maximum atomic E-state index is 4.09. The molecule has 0 atom stereocenters. The minimum absolute atomic E-state index is 0.200. The molecule has 0 fully saturated rings. The minimum atomic E-state index is 0.200. The van der Waals surface area contributed by atoms with Gasteiger partial charge in [0.25, 0.3) is 0 Å². The first kappa shape index (κ1) is 11.7. The fourth-order valence-electron chi connectivity index (χ4n) is 1.36. The third kappa shape index (κ3) is 5.36. The first-order valence-electron chi connectivity index (χ1n) is 4.73. The molecule has 0 amide bonds. The Labute approximate surface area is 77.2 Å². The summed E-state index contributed by atoms with van der Waals surface area (Å²) in [6.45, 7) is 13.0. The minimum Gasteiger partial charge on any atom is -0.314 e. The first-order chi connectivity index (χ1) is 5.37. The van der Waals surface area contributed by atoms with Gasteiger partial charge in [-0.15, -0.1) is 0 Å². The van der Waals surface area contributed by atoms with Crippen molar-refractivity contribution in [1.29, 1.82) is 0 Å². The van der Waals surface area contributed by atoms with Gasteiger partial charge in [0.05, 0.1) is 0 Å². The number of nitrogens with one attached hydrogen (secondary N) is 1. The maximum absolute atomic E-state index is 4.09. The first-order valence-corrected chi connectivity index (χ1v) is 4.73. The SMILES string of the molecule is C=C(CC(C)C)CC(C)(C)NC. The van der Waals surface area contributed by atoms with Gasteiger partial charge in [-0.1, -0.05) is 26.0 Å². The topological polar surface area (TPSA) is 12.0 Å². The summed E-state index contributed by atoms with van der Waals surface area (Å²) in [6.07, 6.45) is 2.22. The van der Waals surface area contributed by atoms with Crippen molar-refractivity contribution in [2.75, 3.05) is 7.05 Å². The van der Waals surface area contributed by atoms with Gasteiger partial charge < -0.3 is 5.32 Å². The molecule has 0 aliphatic rings. The summed E-state index contributed by atoms with van der Waals surface area (Å²) in [7, 11) is 2.00. The Morgan fingerprint density at radius 3 is 2.25 bits per heavy atom. The van der Waals surface area contributed by atoms with Crippen LogP contribution in [-0.2, 0) is 0 Å². The highest BCUT2D eigenvalue weighted by molar-refractivity contribution is 5.01. The van der Waals surface area contributed by atoms with Crippen LogP contribution in [0, 0.1) is 5.92 Å². The molecule has 1 nitrogen and oxygen atoms in total.